The molecule has 0 saturated carbocycles. The van der Waals surface area contributed by atoms with Crippen LogP contribution in [0.2, 0.25) is 0 Å². The van der Waals surface area contributed by atoms with Crippen LogP contribution in [0.25, 0.3) is 0 Å². The van der Waals surface area contributed by atoms with Gasteiger partial charge in [-0.25, -0.2) is 13.1 Å². The third kappa shape index (κ3) is 5.69. The number of rotatable bonds is 8. The number of aromatic nitrogens is 2. The van der Waals surface area contributed by atoms with Gasteiger partial charge in [-0.15, -0.1) is 10.2 Å². The van der Waals surface area contributed by atoms with Crippen molar-refractivity contribution in [3.05, 3.63) is 71.3 Å². The molecule has 1 amide bonds. The molecule has 0 aliphatic rings. The van der Waals surface area contributed by atoms with E-state index in [9.17, 15) is 13.2 Å². The minimum absolute atomic E-state index is 0.135. The summed E-state index contributed by atoms with van der Waals surface area (Å²) < 4.78 is 27.6. The lowest BCUT2D eigenvalue weighted by molar-refractivity contribution is 0.102. The Labute approximate surface area is 174 Å². The standard InChI is InChI=1S/C20H22N4O3S2/c1-14-8-6-7-11-17(14)18(25)21-19-22-23-20(28-19)29(26,27)24-15(2)12-13-16-9-4-3-5-10-16/h3-11,15,24H,12-13H2,1-2H3,(H,21,22,25)/t15-/m0/s1. The first-order valence-electron chi connectivity index (χ1n) is 9.12. The van der Waals surface area contributed by atoms with E-state index >= 15 is 0 Å². The number of hydrogen-bond donors (Lipinski definition) is 2. The van der Waals surface area contributed by atoms with Gasteiger partial charge in [0, 0.05) is 11.6 Å². The monoisotopic (exact) mass is 430 g/mol. The molecule has 2 N–H and O–H groups in total. The van der Waals surface area contributed by atoms with Gasteiger partial charge in [0.05, 0.1) is 0 Å². The topological polar surface area (TPSA) is 101 Å². The molecular formula is C20H22N4O3S2. The molecule has 1 atom stereocenters. The molecule has 7 nitrogen and oxygen atoms in total. The molecule has 1 heterocycles. The van der Waals surface area contributed by atoms with E-state index < -0.39 is 10.0 Å². The van der Waals surface area contributed by atoms with Gasteiger partial charge in [0.25, 0.3) is 15.9 Å². The molecule has 1 aromatic heterocycles. The SMILES string of the molecule is Cc1ccccc1C(=O)Nc1nnc(S(=O)(=O)N[C@@H](C)CCc2ccccc2)s1. The largest absolute Gasteiger partial charge is 0.296 e. The minimum Gasteiger partial charge on any atom is -0.296 e. The molecule has 2 aromatic carbocycles. The average Bonchev–Trinajstić information content (AvgIpc) is 3.17. The Bertz CT molecular complexity index is 1080. The summed E-state index contributed by atoms with van der Waals surface area (Å²) in [6, 6.07) is 16.7. The summed E-state index contributed by atoms with van der Waals surface area (Å²) in [6.45, 7) is 3.63. The molecule has 0 unspecified atom stereocenters. The number of benzene rings is 2. The number of nitrogens with zero attached hydrogens (tertiary/aromatic N) is 2. The van der Waals surface area contributed by atoms with Crippen LogP contribution in [0.3, 0.4) is 0 Å². The summed E-state index contributed by atoms with van der Waals surface area (Å²) in [7, 11) is -3.81. The minimum atomic E-state index is -3.81. The van der Waals surface area contributed by atoms with Crippen LogP contribution in [0.1, 0.15) is 34.8 Å². The van der Waals surface area contributed by atoms with Crippen LogP contribution in [-0.4, -0.2) is 30.6 Å². The molecule has 0 radical (unpaired) electrons. The van der Waals surface area contributed by atoms with Crippen molar-refractivity contribution in [3.63, 3.8) is 0 Å². The lowest BCUT2D eigenvalue weighted by atomic mass is 10.1. The number of hydrogen-bond acceptors (Lipinski definition) is 6. The fourth-order valence-corrected chi connectivity index (χ4v) is 4.95. The van der Waals surface area contributed by atoms with E-state index in [0.717, 1.165) is 28.9 Å². The van der Waals surface area contributed by atoms with E-state index in [2.05, 4.69) is 20.2 Å². The zero-order chi connectivity index (χ0) is 20.9. The summed E-state index contributed by atoms with van der Waals surface area (Å²) in [6.07, 6.45) is 1.41. The van der Waals surface area contributed by atoms with E-state index in [0.29, 0.717) is 12.0 Å². The zero-order valence-electron chi connectivity index (χ0n) is 16.1. The second-order valence-electron chi connectivity index (χ2n) is 6.69. The highest BCUT2D eigenvalue weighted by molar-refractivity contribution is 7.91. The number of amides is 1. The Hall–Kier alpha value is -2.62. The fraction of sp³-hybridized carbons (Fsp3) is 0.250. The van der Waals surface area contributed by atoms with Crippen molar-refractivity contribution < 1.29 is 13.2 Å². The lowest BCUT2D eigenvalue weighted by Crippen LogP contribution is -2.32. The maximum Gasteiger partial charge on any atom is 0.270 e. The van der Waals surface area contributed by atoms with E-state index in [-0.39, 0.29) is 21.4 Å². The predicted octanol–water partition coefficient (Wildman–Crippen LogP) is 3.40. The zero-order valence-corrected chi connectivity index (χ0v) is 17.8. The Morgan fingerprint density at radius 2 is 1.76 bits per heavy atom. The number of nitrogens with one attached hydrogen (secondary N) is 2. The van der Waals surface area contributed by atoms with Crippen molar-refractivity contribution in [2.24, 2.45) is 0 Å². The van der Waals surface area contributed by atoms with Gasteiger partial charge in [0.15, 0.2) is 0 Å². The van der Waals surface area contributed by atoms with E-state index in [1.165, 1.54) is 0 Å². The number of sulfonamides is 1. The number of carbonyl (C=O) groups excluding carboxylic acids is 1. The normalized spacial score (nSPS) is 12.5. The summed E-state index contributed by atoms with van der Waals surface area (Å²) in [5, 5.41) is 10.3. The molecule has 0 aliphatic carbocycles. The van der Waals surface area contributed by atoms with Gasteiger partial charge < -0.3 is 0 Å². The molecule has 0 bridgehead atoms. The van der Waals surface area contributed by atoms with Gasteiger partial charge in [0.2, 0.25) is 9.47 Å². The van der Waals surface area contributed by atoms with Crippen LogP contribution >= 0.6 is 11.3 Å². The number of anilines is 1. The molecular weight excluding hydrogens is 408 g/mol. The molecule has 152 valence electrons. The first-order chi connectivity index (χ1) is 13.8. The summed E-state index contributed by atoms with van der Waals surface area (Å²) in [5.41, 5.74) is 2.46. The molecule has 29 heavy (non-hydrogen) atoms. The maximum absolute atomic E-state index is 12.6. The lowest BCUT2D eigenvalue weighted by Gasteiger charge is -2.12. The van der Waals surface area contributed by atoms with Crippen LogP contribution in [-0.2, 0) is 16.4 Å². The Morgan fingerprint density at radius 3 is 2.48 bits per heavy atom. The number of carbonyl (C=O) groups is 1. The Balaban J connectivity index is 1.61. The second kappa shape index (κ2) is 9.25. The van der Waals surface area contributed by atoms with Crippen molar-refractivity contribution >= 4 is 32.4 Å². The maximum atomic E-state index is 12.6. The first-order valence-corrected chi connectivity index (χ1v) is 11.4. The predicted molar refractivity (Wildman–Crippen MR) is 114 cm³/mol. The van der Waals surface area contributed by atoms with Gasteiger partial charge in [-0.3, -0.25) is 10.1 Å². The summed E-state index contributed by atoms with van der Waals surface area (Å²) >= 11 is 0.821. The molecule has 0 spiro atoms. The third-order valence-electron chi connectivity index (χ3n) is 4.31. The highest BCUT2D eigenvalue weighted by Crippen LogP contribution is 2.21. The summed E-state index contributed by atoms with van der Waals surface area (Å²) in [4.78, 5) is 12.4. The molecule has 3 aromatic rings. The van der Waals surface area contributed by atoms with Crippen molar-refractivity contribution in [3.8, 4) is 0 Å². The first kappa shape index (κ1) is 21.1. The van der Waals surface area contributed by atoms with Gasteiger partial charge in [-0.2, -0.15) is 0 Å². The smallest absolute Gasteiger partial charge is 0.270 e. The average molecular weight is 431 g/mol. The van der Waals surface area contributed by atoms with Crippen LogP contribution in [0.4, 0.5) is 5.13 Å². The van der Waals surface area contributed by atoms with E-state index in [1.54, 1.807) is 12.1 Å². The number of aryl methyl sites for hydroxylation is 2. The van der Waals surface area contributed by atoms with Crippen LogP contribution in [0.15, 0.2) is 58.9 Å². The molecule has 0 aliphatic heterocycles. The Kier molecular flexibility index (Phi) is 6.73. The Morgan fingerprint density at radius 1 is 1.07 bits per heavy atom. The van der Waals surface area contributed by atoms with Crippen molar-refractivity contribution in [2.45, 2.75) is 37.1 Å². The van der Waals surface area contributed by atoms with Crippen molar-refractivity contribution in [2.75, 3.05) is 5.32 Å². The quantitative estimate of drug-likeness (QED) is 0.534. The fourth-order valence-electron chi connectivity index (χ4n) is 2.76. The van der Waals surface area contributed by atoms with Crippen LogP contribution in [0, 0.1) is 6.92 Å². The van der Waals surface area contributed by atoms with E-state index in [4.69, 9.17) is 0 Å². The third-order valence-corrected chi connectivity index (χ3v) is 7.11. The second-order valence-corrected chi connectivity index (χ2v) is 9.55. The van der Waals surface area contributed by atoms with Crippen molar-refractivity contribution in [1.29, 1.82) is 0 Å². The van der Waals surface area contributed by atoms with Crippen LogP contribution in [0.5, 0.6) is 0 Å². The molecule has 0 fully saturated rings. The molecule has 3 rings (SSSR count). The molecule has 0 saturated heterocycles. The van der Waals surface area contributed by atoms with Gasteiger partial charge in [-0.05, 0) is 43.9 Å². The van der Waals surface area contributed by atoms with E-state index in [1.807, 2.05) is 56.3 Å². The highest BCUT2D eigenvalue weighted by Gasteiger charge is 2.23. The highest BCUT2D eigenvalue weighted by atomic mass is 32.2. The summed E-state index contributed by atoms with van der Waals surface area (Å²) in [5.74, 6) is -0.354. The van der Waals surface area contributed by atoms with Gasteiger partial charge in [0.1, 0.15) is 0 Å². The van der Waals surface area contributed by atoms with Crippen LogP contribution < -0.4 is 10.0 Å². The van der Waals surface area contributed by atoms with Crippen molar-refractivity contribution in [1.82, 2.24) is 14.9 Å². The van der Waals surface area contributed by atoms with Gasteiger partial charge >= 0.3 is 0 Å². The van der Waals surface area contributed by atoms with Gasteiger partial charge in [-0.1, -0.05) is 59.9 Å². The molecule has 9 heteroatoms.